The van der Waals surface area contributed by atoms with E-state index in [9.17, 15) is 9.59 Å². The third kappa shape index (κ3) is 3.47. The first-order valence-corrected chi connectivity index (χ1v) is 6.97. The highest BCUT2D eigenvalue weighted by molar-refractivity contribution is 6.04. The van der Waals surface area contributed by atoms with Crippen molar-refractivity contribution in [2.75, 3.05) is 19.6 Å². The summed E-state index contributed by atoms with van der Waals surface area (Å²) in [5.41, 5.74) is -0.949. The molecule has 0 atom stereocenters. The summed E-state index contributed by atoms with van der Waals surface area (Å²) in [6, 6.07) is 0. The van der Waals surface area contributed by atoms with Gasteiger partial charge in [0.1, 0.15) is 5.41 Å². The summed E-state index contributed by atoms with van der Waals surface area (Å²) in [6.45, 7) is 9.85. The van der Waals surface area contributed by atoms with E-state index in [4.69, 9.17) is 0 Å². The molecule has 0 unspecified atom stereocenters. The molecule has 1 aliphatic heterocycles. The van der Waals surface area contributed by atoms with Crippen molar-refractivity contribution in [2.24, 2.45) is 11.3 Å². The molecule has 1 heterocycles. The van der Waals surface area contributed by atoms with Crippen LogP contribution in [0.2, 0.25) is 0 Å². The fourth-order valence-corrected chi connectivity index (χ4v) is 2.16. The van der Waals surface area contributed by atoms with Crippen molar-refractivity contribution >= 4 is 11.8 Å². The van der Waals surface area contributed by atoms with Gasteiger partial charge in [0.25, 0.3) is 0 Å². The lowest BCUT2D eigenvalue weighted by atomic mass is 9.88. The van der Waals surface area contributed by atoms with Crippen molar-refractivity contribution in [1.29, 1.82) is 0 Å². The zero-order chi connectivity index (χ0) is 13.8. The van der Waals surface area contributed by atoms with Crippen LogP contribution in [0.5, 0.6) is 0 Å². The summed E-state index contributed by atoms with van der Waals surface area (Å²) >= 11 is 0. The Hall–Kier alpha value is -1.06. The maximum Gasteiger partial charge on any atom is 0.237 e. The highest BCUT2D eigenvalue weighted by Gasteiger charge is 2.39. The van der Waals surface area contributed by atoms with Crippen LogP contribution in [0.15, 0.2) is 0 Å². The fourth-order valence-electron chi connectivity index (χ4n) is 2.16. The van der Waals surface area contributed by atoms with Crippen molar-refractivity contribution in [3.05, 3.63) is 0 Å². The summed E-state index contributed by atoms with van der Waals surface area (Å²) in [7, 11) is 0. The Morgan fingerprint density at radius 1 is 1.28 bits per heavy atom. The molecule has 0 aliphatic carbocycles. The summed E-state index contributed by atoms with van der Waals surface area (Å²) in [5, 5.41) is 2.81. The molecule has 18 heavy (non-hydrogen) atoms. The summed E-state index contributed by atoms with van der Waals surface area (Å²) in [6.07, 6.45) is 2.97. The maximum absolute atomic E-state index is 12.4. The largest absolute Gasteiger partial charge is 0.355 e. The van der Waals surface area contributed by atoms with E-state index in [1.807, 2.05) is 11.8 Å². The van der Waals surface area contributed by atoms with Crippen LogP contribution in [0.1, 0.15) is 47.0 Å². The standard InChI is InChI=1S/C14H26N2O2/c1-5-8-15-12(17)14(3,4)13(18)16-9-6-11(2)7-10-16/h11H,5-10H2,1-4H3,(H,15,17). The van der Waals surface area contributed by atoms with E-state index in [0.717, 1.165) is 32.4 Å². The van der Waals surface area contributed by atoms with Gasteiger partial charge in [0.05, 0.1) is 0 Å². The van der Waals surface area contributed by atoms with E-state index >= 15 is 0 Å². The molecule has 2 amide bonds. The molecule has 1 rings (SSSR count). The lowest BCUT2D eigenvalue weighted by molar-refractivity contribution is -0.149. The average Bonchev–Trinajstić information content (AvgIpc) is 2.35. The predicted molar refractivity (Wildman–Crippen MR) is 72.1 cm³/mol. The Morgan fingerprint density at radius 3 is 2.33 bits per heavy atom. The van der Waals surface area contributed by atoms with Crippen molar-refractivity contribution in [2.45, 2.75) is 47.0 Å². The molecule has 1 N–H and O–H groups in total. The van der Waals surface area contributed by atoms with Crippen LogP contribution in [-0.4, -0.2) is 36.3 Å². The average molecular weight is 254 g/mol. The van der Waals surface area contributed by atoms with Crippen LogP contribution >= 0.6 is 0 Å². The molecule has 0 spiro atoms. The van der Waals surface area contributed by atoms with Crippen LogP contribution in [0.3, 0.4) is 0 Å². The van der Waals surface area contributed by atoms with Crippen LogP contribution in [-0.2, 0) is 9.59 Å². The second-order valence-electron chi connectivity index (χ2n) is 5.86. The molecule has 0 bridgehead atoms. The summed E-state index contributed by atoms with van der Waals surface area (Å²) in [4.78, 5) is 26.2. The molecule has 0 radical (unpaired) electrons. The topological polar surface area (TPSA) is 49.4 Å². The third-order valence-corrected chi connectivity index (χ3v) is 3.71. The van der Waals surface area contributed by atoms with Gasteiger partial charge in [-0.05, 0) is 39.0 Å². The molecule has 0 aromatic rings. The minimum absolute atomic E-state index is 0.0389. The van der Waals surface area contributed by atoms with Gasteiger partial charge in [0.2, 0.25) is 11.8 Å². The van der Waals surface area contributed by atoms with Gasteiger partial charge >= 0.3 is 0 Å². The number of nitrogens with zero attached hydrogens (tertiary/aromatic N) is 1. The van der Waals surface area contributed by atoms with E-state index in [-0.39, 0.29) is 11.8 Å². The lowest BCUT2D eigenvalue weighted by Crippen LogP contribution is -2.51. The number of piperidine rings is 1. The first kappa shape index (κ1) is 15.0. The number of carbonyl (C=O) groups is 2. The Bertz CT molecular complexity index is 305. The van der Waals surface area contributed by atoms with Gasteiger partial charge in [-0.25, -0.2) is 0 Å². The monoisotopic (exact) mass is 254 g/mol. The maximum atomic E-state index is 12.4. The van der Waals surface area contributed by atoms with E-state index in [1.165, 1.54) is 0 Å². The number of likely N-dealkylation sites (tertiary alicyclic amines) is 1. The zero-order valence-electron chi connectivity index (χ0n) is 12.1. The molecular formula is C14H26N2O2. The molecule has 1 fully saturated rings. The summed E-state index contributed by atoms with van der Waals surface area (Å²) in [5.74, 6) is 0.488. The Balaban J connectivity index is 2.60. The van der Waals surface area contributed by atoms with E-state index in [1.54, 1.807) is 13.8 Å². The predicted octanol–water partition coefficient (Wildman–Crippen LogP) is 1.80. The highest BCUT2D eigenvalue weighted by Crippen LogP contribution is 2.24. The Labute approximate surface area is 110 Å². The van der Waals surface area contributed by atoms with Crippen LogP contribution < -0.4 is 5.32 Å². The molecule has 0 aromatic carbocycles. The van der Waals surface area contributed by atoms with Gasteiger partial charge in [0, 0.05) is 19.6 Å². The van der Waals surface area contributed by atoms with Crippen molar-refractivity contribution in [3.8, 4) is 0 Å². The molecule has 0 aromatic heterocycles. The van der Waals surface area contributed by atoms with Gasteiger partial charge in [-0.3, -0.25) is 9.59 Å². The van der Waals surface area contributed by atoms with Crippen LogP contribution in [0.25, 0.3) is 0 Å². The van der Waals surface area contributed by atoms with Crippen LogP contribution in [0, 0.1) is 11.3 Å². The first-order chi connectivity index (χ1) is 8.39. The van der Waals surface area contributed by atoms with Crippen molar-refractivity contribution in [1.82, 2.24) is 10.2 Å². The third-order valence-electron chi connectivity index (χ3n) is 3.71. The minimum Gasteiger partial charge on any atom is -0.355 e. The second kappa shape index (κ2) is 6.21. The second-order valence-corrected chi connectivity index (χ2v) is 5.86. The van der Waals surface area contributed by atoms with Crippen LogP contribution in [0.4, 0.5) is 0 Å². The van der Waals surface area contributed by atoms with Crippen molar-refractivity contribution in [3.63, 3.8) is 0 Å². The molecule has 1 saturated heterocycles. The number of rotatable bonds is 4. The number of amides is 2. The van der Waals surface area contributed by atoms with Gasteiger partial charge in [0.15, 0.2) is 0 Å². The van der Waals surface area contributed by atoms with Crippen molar-refractivity contribution < 1.29 is 9.59 Å². The van der Waals surface area contributed by atoms with E-state index in [2.05, 4.69) is 12.2 Å². The number of nitrogens with one attached hydrogen (secondary N) is 1. The van der Waals surface area contributed by atoms with E-state index < -0.39 is 5.41 Å². The smallest absolute Gasteiger partial charge is 0.237 e. The first-order valence-electron chi connectivity index (χ1n) is 6.97. The molecular weight excluding hydrogens is 228 g/mol. The molecule has 104 valence electrons. The zero-order valence-corrected chi connectivity index (χ0v) is 12.1. The van der Waals surface area contributed by atoms with Gasteiger partial charge < -0.3 is 10.2 Å². The van der Waals surface area contributed by atoms with E-state index in [0.29, 0.717) is 12.5 Å². The lowest BCUT2D eigenvalue weighted by Gasteiger charge is -2.35. The Kier molecular flexibility index (Phi) is 5.17. The number of hydrogen-bond donors (Lipinski definition) is 1. The fraction of sp³-hybridized carbons (Fsp3) is 0.857. The summed E-state index contributed by atoms with van der Waals surface area (Å²) < 4.78 is 0. The normalized spacial score (nSPS) is 17.7. The number of hydrogen-bond acceptors (Lipinski definition) is 2. The SMILES string of the molecule is CCCNC(=O)C(C)(C)C(=O)N1CCC(C)CC1. The quantitative estimate of drug-likeness (QED) is 0.778. The molecule has 1 aliphatic rings. The molecule has 4 heteroatoms. The molecule has 4 nitrogen and oxygen atoms in total. The Morgan fingerprint density at radius 2 is 1.83 bits per heavy atom. The van der Waals surface area contributed by atoms with Gasteiger partial charge in [-0.15, -0.1) is 0 Å². The van der Waals surface area contributed by atoms with Gasteiger partial charge in [-0.2, -0.15) is 0 Å². The van der Waals surface area contributed by atoms with Gasteiger partial charge in [-0.1, -0.05) is 13.8 Å². The minimum atomic E-state index is -0.949. The molecule has 0 saturated carbocycles. The number of carbonyl (C=O) groups excluding carboxylic acids is 2. The highest BCUT2D eigenvalue weighted by atomic mass is 16.2.